The average molecular weight is 662 g/mol. The number of hydrogen-bond acceptors (Lipinski definition) is 13. The number of rotatable bonds is 12. The molecule has 1 saturated heterocycles. The van der Waals surface area contributed by atoms with Crippen LogP contribution in [0.15, 0.2) is 60.0 Å². The molecule has 4 aromatic heterocycles. The van der Waals surface area contributed by atoms with Crippen LogP contribution in [0.1, 0.15) is 44.5 Å². The molecule has 0 spiro atoms. The van der Waals surface area contributed by atoms with Gasteiger partial charge in [0.2, 0.25) is 11.8 Å². The van der Waals surface area contributed by atoms with Crippen molar-refractivity contribution in [2.24, 2.45) is 0 Å². The zero-order valence-electron chi connectivity index (χ0n) is 26.0. The third kappa shape index (κ3) is 7.69. The molecular formula is C31H36ClN11O4. The van der Waals surface area contributed by atoms with Crippen LogP contribution in [-0.2, 0) is 17.9 Å². The van der Waals surface area contributed by atoms with Crippen LogP contribution in [0.5, 0.6) is 11.6 Å². The van der Waals surface area contributed by atoms with Crippen molar-refractivity contribution in [2.75, 3.05) is 31.6 Å². The van der Waals surface area contributed by atoms with E-state index in [1.165, 1.54) is 6.26 Å². The molecule has 1 atom stereocenters. The number of oxazole rings is 1. The maximum Gasteiger partial charge on any atom is 0.257 e. The Hall–Kier alpha value is -4.60. The zero-order chi connectivity index (χ0) is 32.0. The van der Waals surface area contributed by atoms with Gasteiger partial charge in [0.1, 0.15) is 30.1 Å². The van der Waals surface area contributed by atoms with Gasteiger partial charge in [-0.15, -0.1) is 10.2 Å². The Morgan fingerprint density at radius 3 is 2.60 bits per heavy atom. The second kappa shape index (κ2) is 14.4. The molecule has 5 aromatic rings. The number of hydrogen-bond donors (Lipinski definition) is 1. The molecule has 1 aliphatic carbocycles. The van der Waals surface area contributed by atoms with Gasteiger partial charge in [-0.25, -0.2) is 19.6 Å². The van der Waals surface area contributed by atoms with E-state index in [9.17, 15) is 0 Å². The molecule has 7 rings (SSSR count). The highest BCUT2D eigenvalue weighted by Crippen LogP contribution is 2.35. The highest BCUT2D eigenvalue weighted by Gasteiger charge is 2.29. The van der Waals surface area contributed by atoms with Crippen molar-refractivity contribution < 1.29 is 18.6 Å². The quantitative estimate of drug-likeness (QED) is 0.198. The summed E-state index contributed by atoms with van der Waals surface area (Å²) >= 11 is 6.45. The number of morpholine rings is 1. The summed E-state index contributed by atoms with van der Waals surface area (Å²) in [7, 11) is 0. The highest BCUT2D eigenvalue weighted by molar-refractivity contribution is 6.32. The van der Waals surface area contributed by atoms with Gasteiger partial charge in [0.05, 0.1) is 43.2 Å². The Labute approximate surface area is 276 Å². The SMILES string of the molecule is C[C@@H](Cn1cnnn1)Oc1cc(-c2cnc(Nc3cn([C@H]4CC[C@H](N5CCOCC5)CC4)nc3OCc3ncco3)nc2)ccc1Cl. The van der Waals surface area contributed by atoms with Crippen molar-refractivity contribution in [2.45, 2.75) is 63.9 Å². The number of nitrogens with one attached hydrogen (secondary N) is 1. The monoisotopic (exact) mass is 661 g/mol. The number of tetrazole rings is 1. The minimum Gasteiger partial charge on any atom is -0.487 e. The first-order valence-corrected chi connectivity index (χ1v) is 16.1. The predicted octanol–water partition coefficient (Wildman–Crippen LogP) is 4.57. The summed E-state index contributed by atoms with van der Waals surface area (Å²) in [6.07, 6.45) is 14.2. The summed E-state index contributed by atoms with van der Waals surface area (Å²) in [6, 6.07) is 6.44. The van der Waals surface area contributed by atoms with Gasteiger partial charge in [-0.05, 0) is 60.7 Å². The van der Waals surface area contributed by atoms with E-state index in [1.807, 2.05) is 29.9 Å². The molecule has 1 aromatic carbocycles. The number of nitrogens with zero attached hydrogens (tertiary/aromatic N) is 10. The summed E-state index contributed by atoms with van der Waals surface area (Å²) in [5, 5.41) is 19.8. The third-order valence-corrected chi connectivity index (χ3v) is 8.76. The molecule has 1 N–H and O–H groups in total. The Morgan fingerprint density at radius 1 is 1.04 bits per heavy atom. The zero-order valence-corrected chi connectivity index (χ0v) is 26.7. The molecule has 2 aliphatic rings. The minimum atomic E-state index is -0.213. The maximum atomic E-state index is 6.45. The normalized spacial score (nSPS) is 19.4. The summed E-state index contributed by atoms with van der Waals surface area (Å²) in [4.78, 5) is 15.9. The van der Waals surface area contributed by atoms with Gasteiger partial charge < -0.3 is 23.9 Å². The van der Waals surface area contributed by atoms with Crippen LogP contribution in [0.2, 0.25) is 5.02 Å². The van der Waals surface area contributed by atoms with Crippen molar-refractivity contribution in [1.29, 1.82) is 0 Å². The largest absolute Gasteiger partial charge is 0.487 e. The van der Waals surface area contributed by atoms with Crippen LogP contribution < -0.4 is 14.8 Å². The Morgan fingerprint density at radius 2 is 1.85 bits per heavy atom. The van der Waals surface area contributed by atoms with Crippen molar-refractivity contribution >= 4 is 23.2 Å². The number of benzene rings is 1. The van der Waals surface area contributed by atoms with Crippen molar-refractivity contribution in [3.8, 4) is 22.8 Å². The van der Waals surface area contributed by atoms with Gasteiger partial charge >= 0.3 is 0 Å². The van der Waals surface area contributed by atoms with E-state index in [-0.39, 0.29) is 18.8 Å². The van der Waals surface area contributed by atoms with E-state index in [4.69, 9.17) is 35.3 Å². The summed E-state index contributed by atoms with van der Waals surface area (Å²) in [6.45, 7) is 6.22. The molecule has 15 nitrogen and oxygen atoms in total. The van der Waals surface area contributed by atoms with E-state index >= 15 is 0 Å². The molecule has 0 radical (unpaired) electrons. The van der Waals surface area contributed by atoms with Crippen molar-refractivity contribution in [3.05, 3.63) is 66.5 Å². The second-order valence-corrected chi connectivity index (χ2v) is 12.1. The first kappa shape index (κ1) is 31.0. The summed E-state index contributed by atoms with van der Waals surface area (Å²) < 4.78 is 26.7. The molecule has 1 saturated carbocycles. The molecular weight excluding hydrogens is 626 g/mol. The molecule has 0 amide bonds. The van der Waals surface area contributed by atoms with Crippen LogP contribution in [0.3, 0.4) is 0 Å². The number of halogens is 1. The van der Waals surface area contributed by atoms with Gasteiger partial charge in [0.15, 0.2) is 6.61 Å². The minimum absolute atomic E-state index is 0.150. The first-order chi connectivity index (χ1) is 23.1. The van der Waals surface area contributed by atoms with Crippen LogP contribution in [0.25, 0.3) is 11.1 Å². The summed E-state index contributed by atoms with van der Waals surface area (Å²) in [5.41, 5.74) is 2.33. The molecule has 1 aliphatic heterocycles. The molecule has 246 valence electrons. The fraction of sp³-hybridized carbons (Fsp3) is 0.452. The number of ether oxygens (including phenoxy) is 3. The van der Waals surface area contributed by atoms with Crippen LogP contribution in [0.4, 0.5) is 11.6 Å². The van der Waals surface area contributed by atoms with Crippen molar-refractivity contribution in [3.63, 3.8) is 0 Å². The lowest BCUT2D eigenvalue weighted by Gasteiger charge is -2.38. The Balaban J connectivity index is 1.03. The van der Waals surface area contributed by atoms with Crippen LogP contribution >= 0.6 is 11.6 Å². The molecule has 0 unspecified atom stereocenters. The number of anilines is 2. The fourth-order valence-corrected chi connectivity index (χ4v) is 6.22. The van der Waals surface area contributed by atoms with Crippen LogP contribution in [0, 0.1) is 0 Å². The van der Waals surface area contributed by atoms with Crippen molar-refractivity contribution in [1.82, 2.24) is 49.8 Å². The molecule has 0 bridgehead atoms. The Kier molecular flexibility index (Phi) is 9.53. The van der Waals surface area contributed by atoms with E-state index < -0.39 is 0 Å². The van der Waals surface area contributed by atoms with E-state index in [2.05, 4.69) is 40.7 Å². The summed E-state index contributed by atoms with van der Waals surface area (Å²) in [5.74, 6) is 1.85. The standard InChI is InChI=1S/C31H36ClN11O4/c1-21(17-42-20-36-39-40-42)47-28-14-22(2-7-26(28)32)23-15-34-31(35-16-23)37-27-18-43(38-30(27)46-19-29-33-8-11-45-29)25-5-3-24(4-6-25)41-9-12-44-13-10-41/h2,7-8,11,14-16,18,20-21,24-25H,3-6,9-10,12-13,17,19H2,1H3,(H,34,35,37)/t21-,24-,25-/m0/s1. The van der Waals surface area contributed by atoms with E-state index in [0.29, 0.717) is 46.8 Å². The lowest BCUT2D eigenvalue weighted by molar-refractivity contribution is 0.00502. The van der Waals surface area contributed by atoms with Gasteiger partial charge in [0, 0.05) is 37.1 Å². The third-order valence-electron chi connectivity index (χ3n) is 8.44. The van der Waals surface area contributed by atoms with E-state index in [0.717, 1.165) is 63.1 Å². The number of aromatic nitrogens is 9. The second-order valence-electron chi connectivity index (χ2n) is 11.7. The smallest absolute Gasteiger partial charge is 0.257 e. The lowest BCUT2D eigenvalue weighted by atomic mass is 9.90. The first-order valence-electron chi connectivity index (χ1n) is 15.8. The predicted molar refractivity (Wildman–Crippen MR) is 170 cm³/mol. The lowest BCUT2D eigenvalue weighted by Crippen LogP contribution is -2.45. The molecule has 16 heteroatoms. The molecule has 2 fully saturated rings. The van der Waals surface area contributed by atoms with Crippen LogP contribution in [-0.4, -0.2) is 88.3 Å². The van der Waals surface area contributed by atoms with Gasteiger partial charge in [0.25, 0.3) is 5.88 Å². The molecule has 5 heterocycles. The van der Waals surface area contributed by atoms with Gasteiger partial charge in [-0.3, -0.25) is 9.58 Å². The highest BCUT2D eigenvalue weighted by atomic mass is 35.5. The topological polar surface area (TPSA) is 156 Å². The molecule has 47 heavy (non-hydrogen) atoms. The fourth-order valence-electron chi connectivity index (χ4n) is 6.06. The average Bonchev–Trinajstić information content (AvgIpc) is 3.89. The van der Waals surface area contributed by atoms with E-state index in [1.54, 1.807) is 35.7 Å². The van der Waals surface area contributed by atoms with Gasteiger partial charge in [-0.1, -0.05) is 17.7 Å². The van der Waals surface area contributed by atoms with Gasteiger partial charge in [-0.2, -0.15) is 0 Å². The Bertz CT molecular complexity index is 1700. The maximum absolute atomic E-state index is 6.45.